The molecular weight excluding hydrogens is 232 g/mol. The lowest BCUT2D eigenvalue weighted by atomic mass is 9.66. The minimum atomic E-state index is 0.225. The van der Waals surface area contributed by atoms with E-state index in [0.29, 0.717) is 11.6 Å². The van der Waals surface area contributed by atoms with Crippen LogP contribution < -0.4 is 0 Å². The Morgan fingerprint density at radius 1 is 1.16 bits per heavy atom. The van der Waals surface area contributed by atoms with Gasteiger partial charge in [0.1, 0.15) is 0 Å². The predicted molar refractivity (Wildman–Crippen MR) is 77.7 cm³/mol. The molecule has 3 fully saturated rings. The van der Waals surface area contributed by atoms with Crippen molar-refractivity contribution in [3.8, 4) is 6.07 Å². The molecule has 0 radical (unpaired) electrons. The van der Waals surface area contributed by atoms with Crippen LogP contribution in [0, 0.1) is 17.2 Å². The van der Waals surface area contributed by atoms with E-state index in [4.69, 9.17) is 0 Å². The van der Waals surface area contributed by atoms with Crippen LogP contribution in [0.4, 0.5) is 0 Å². The zero-order chi connectivity index (χ0) is 13.3. The van der Waals surface area contributed by atoms with E-state index in [1.54, 1.807) is 0 Å². The molecule has 0 aromatic carbocycles. The molecule has 2 heteroatoms. The monoisotopic (exact) mass is 260 g/mol. The van der Waals surface area contributed by atoms with Gasteiger partial charge in [0.25, 0.3) is 0 Å². The van der Waals surface area contributed by atoms with Crippen LogP contribution in [-0.4, -0.2) is 22.5 Å². The van der Waals surface area contributed by atoms with Gasteiger partial charge < -0.3 is 0 Å². The number of rotatable bonds is 3. The number of hydrogen-bond donors (Lipinski definition) is 0. The second kappa shape index (κ2) is 5.44. The van der Waals surface area contributed by atoms with Crippen LogP contribution >= 0.6 is 0 Å². The summed E-state index contributed by atoms with van der Waals surface area (Å²) in [5.41, 5.74) is 0.440. The molecule has 3 aliphatic rings. The molecule has 3 rings (SSSR count). The second-order valence-corrected chi connectivity index (χ2v) is 7.01. The van der Waals surface area contributed by atoms with Crippen molar-refractivity contribution in [1.29, 1.82) is 5.26 Å². The molecule has 2 saturated heterocycles. The summed E-state index contributed by atoms with van der Waals surface area (Å²) in [7, 11) is 0. The van der Waals surface area contributed by atoms with Crippen LogP contribution in [0.1, 0.15) is 77.6 Å². The molecule has 0 amide bonds. The Bertz CT molecular complexity index is 359. The Morgan fingerprint density at radius 3 is 2.84 bits per heavy atom. The Labute approximate surface area is 118 Å². The summed E-state index contributed by atoms with van der Waals surface area (Å²) in [4.78, 5) is 2.73. The molecule has 2 aliphatic heterocycles. The number of nitriles is 1. The minimum absolute atomic E-state index is 0.225. The van der Waals surface area contributed by atoms with E-state index >= 15 is 0 Å². The van der Waals surface area contributed by atoms with Crippen LogP contribution in [0.3, 0.4) is 0 Å². The van der Waals surface area contributed by atoms with Gasteiger partial charge in [0.2, 0.25) is 0 Å². The summed E-state index contributed by atoms with van der Waals surface area (Å²) in [5, 5.41) is 9.54. The van der Waals surface area contributed by atoms with Crippen molar-refractivity contribution < 1.29 is 0 Å². The third kappa shape index (κ3) is 2.11. The molecule has 1 aliphatic carbocycles. The van der Waals surface area contributed by atoms with E-state index in [2.05, 4.69) is 17.9 Å². The van der Waals surface area contributed by atoms with Gasteiger partial charge >= 0.3 is 0 Å². The SMILES string of the molecule is CCCC[C@@H]1CC[C@@H]2CCCC[C@]23CC[C@@H](C#N)N13. The first-order valence-electron chi connectivity index (χ1n) is 8.50. The molecule has 1 saturated carbocycles. The van der Waals surface area contributed by atoms with E-state index in [0.717, 1.165) is 12.3 Å². The average Bonchev–Trinajstić information content (AvgIpc) is 2.83. The lowest BCUT2D eigenvalue weighted by Gasteiger charge is -2.55. The molecule has 106 valence electrons. The highest BCUT2D eigenvalue weighted by molar-refractivity contribution is 5.15. The van der Waals surface area contributed by atoms with E-state index in [1.165, 1.54) is 64.2 Å². The Morgan fingerprint density at radius 2 is 2.05 bits per heavy atom. The van der Waals surface area contributed by atoms with Crippen molar-refractivity contribution in [1.82, 2.24) is 4.90 Å². The molecule has 2 nitrogen and oxygen atoms in total. The molecule has 2 heterocycles. The van der Waals surface area contributed by atoms with Crippen molar-refractivity contribution in [2.45, 2.75) is 95.2 Å². The number of hydrogen-bond acceptors (Lipinski definition) is 2. The van der Waals surface area contributed by atoms with Crippen molar-refractivity contribution >= 4 is 0 Å². The molecule has 0 unspecified atom stereocenters. The van der Waals surface area contributed by atoms with Crippen molar-refractivity contribution in [3.05, 3.63) is 0 Å². The number of nitrogens with zero attached hydrogens (tertiary/aromatic N) is 2. The van der Waals surface area contributed by atoms with Gasteiger partial charge in [-0.1, -0.05) is 32.6 Å². The molecule has 0 N–H and O–H groups in total. The summed E-state index contributed by atoms with van der Waals surface area (Å²) < 4.78 is 0. The third-order valence-electron chi connectivity index (χ3n) is 6.15. The van der Waals surface area contributed by atoms with E-state index in [9.17, 15) is 5.26 Å². The van der Waals surface area contributed by atoms with Gasteiger partial charge in [-0.15, -0.1) is 0 Å². The van der Waals surface area contributed by atoms with E-state index in [1.807, 2.05) is 0 Å². The van der Waals surface area contributed by atoms with Gasteiger partial charge in [0, 0.05) is 11.6 Å². The highest BCUT2D eigenvalue weighted by Crippen LogP contribution is 2.54. The summed E-state index contributed by atoms with van der Waals surface area (Å²) in [6.45, 7) is 2.29. The molecule has 0 aromatic rings. The van der Waals surface area contributed by atoms with E-state index < -0.39 is 0 Å². The fraction of sp³-hybridized carbons (Fsp3) is 0.941. The van der Waals surface area contributed by atoms with Crippen LogP contribution in [-0.2, 0) is 0 Å². The fourth-order valence-electron chi connectivity index (χ4n) is 5.34. The molecule has 4 atom stereocenters. The van der Waals surface area contributed by atoms with E-state index in [-0.39, 0.29) is 6.04 Å². The lowest BCUT2D eigenvalue weighted by Crippen LogP contribution is -2.60. The maximum Gasteiger partial charge on any atom is 0.0985 e. The molecule has 0 aromatic heterocycles. The topological polar surface area (TPSA) is 27.0 Å². The van der Waals surface area contributed by atoms with Crippen LogP contribution in [0.5, 0.6) is 0 Å². The van der Waals surface area contributed by atoms with Crippen LogP contribution in [0.2, 0.25) is 0 Å². The molecule has 0 bridgehead atoms. The van der Waals surface area contributed by atoms with Crippen molar-refractivity contribution in [3.63, 3.8) is 0 Å². The zero-order valence-corrected chi connectivity index (χ0v) is 12.4. The summed E-state index contributed by atoms with van der Waals surface area (Å²) in [6, 6.07) is 3.56. The maximum absolute atomic E-state index is 9.54. The fourth-order valence-corrected chi connectivity index (χ4v) is 5.34. The summed E-state index contributed by atoms with van der Waals surface area (Å²) in [6.07, 6.45) is 14.8. The minimum Gasteiger partial charge on any atom is -0.279 e. The third-order valence-corrected chi connectivity index (χ3v) is 6.15. The first-order valence-corrected chi connectivity index (χ1v) is 8.50. The first-order chi connectivity index (χ1) is 9.31. The van der Waals surface area contributed by atoms with Crippen molar-refractivity contribution in [2.24, 2.45) is 5.92 Å². The largest absolute Gasteiger partial charge is 0.279 e. The lowest BCUT2D eigenvalue weighted by molar-refractivity contribution is -0.0527. The highest BCUT2D eigenvalue weighted by atomic mass is 15.3. The number of piperidine rings is 1. The van der Waals surface area contributed by atoms with Gasteiger partial charge in [-0.3, -0.25) is 4.90 Å². The Kier molecular flexibility index (Phi) is 3.85. The number of unbranched alkanes of at least 4 members (excludes halogenated alkanes) is 1. The standard InChI is InChI=1S/C17H28N2/c1-2-3-7-15-9-8-14-6-4-5-11-17(14)12-10-16(13-18)19(15)17/h14-16H,2-12H2,1H3/t14-,15+,16-,17-/m0/s1. The second-order valence-electron chi connectivity index (χ2n) is 7.01. The zero-order valence-electron chi connectivity index (χ0n) is 12.4. The van der Waals surface area contributed by atoms with Crippen molar-refractivity contribution in [2.75, 3.05) is 0 Å². The van der Waals surface area contributed by atoms with Gasteiger partial charge in [0.15, 0.2) is 0 Å². The molecular formula is C17H28N2. The average molecular weight is 260 g/mol. The normalized spacial score (nSPS) is 42.4. The molecule has 1 spiro atoms. The summed E-state index contributed by atoms with van der Waals surface area (Å²) >= 11 is 0. The Balaban J connectivity index is 1.85. The smallest absolute Gasteiger partial charge is 0.0985 e. The van der Waals surface area contributed by atoms with Crippen LogP contribution in [0.25, 0.3) is 0 Å². The van der Waals surface area contributed by atoms with Crippen LogP contribution in [0.15, 0.2) is 0 Å². The quantitative estimate of drug-likeness (QED) is 0.758. The maximum atomic E-state index is 9.54. The predicted octanol–water partition coefficient (Wildman–Crippen LogP) is 4.26. The Hall–Kier alpha value is -0.550. The van der Waals surface area contributed by atoms with Gasteiger partial charge in [-0.2, -0.15) is 5.26 Å². The first kappa shape index (κ1) is 13.4. The van der Waals surface area contributed by atoms with Gasteiger partial charge in [-0.05, 0) is 50.9 Å². The highest BCUT2D eigenvalue weighted by Gasteiger charge is 2.55. The van der Waals surface area contributed by atoms with Gasteiger partial charge in [0.05, 0.1) is 12.1 Å². The summed E-state index contributed by atoms with van der Waals surface area (Å²) in [5.74, 6) is 0.900. The molecule has 19 heavy (non-hydrogen) atoms. The van der Waals surface area contributed by atoms with Gasteiger partial charge in [-0.25, -0.2) is 0 Å².